The summed E-state index contributed by atoms with van der Waals surface area (Å²) in [5.74, 6) is -0.913. The third-order valence-corrected chi connectivity index (χ3v) is 12.1. The molecule has 0 unspecified atom stereocenters. The molecule has 15 nitrogen and oxygen atoms in total. The summed E-state index contributed by atoms with van der Waals surface area (Å²) in [7, 11) is 0. The molecule has 7 N–H and O–H groups in total. The van der Waals surface area contributed by atoms with Crippen molar-refractivity contribution in [2.45, 2.75) is 261 Å². The molecule has 15 heteroatoms. The van der Waals surface area contributed by atoms with Gasteiger partial charge in [0.05, 0.1) is 19.8 Å². The van der Waals surface area contributed by atoms with Crippen LogP contribution in [0.25, 0.3) is 0 Å². The van der Waals surface area contributed by atoms with E-state index < -0.39 is 92.7 Å². The van der Waals surface area contributed by atoms with E-state index >= 15 is 0 Å². The van der Waals surface area contributed by atoms with Gasteiger partial charge in [0, 0.05) is 12.8 Å². The van der Waals surface area contributed by atoms with Gasteiger partial charge in [0.15, 0.2) is 18.7 Å². The Morgan fingerprint density at radius 2 is 0.871 bits per heavy atom. The number of unbranched alkanes of at least 4 members (excludes halogenated alkanes) is 24. The Labute approximate surface area is 372 Å². The SMILES string of the molecule is CCCCCCCCCCCCCCCC(=O)OC[C@@H](CO[C@@H]1O[C@H](CO)[C@H](O[C@H]2O[C@H](CO)[C@@H](O)[C@H](O)[C@H]2O)[C@H](O)[C@H]1O)OC(=O)CCCCCCCCCCCCCCC. The first-order valence-electron chi connectivity index (χ1n) is 24.6. The minimum absolute atomic E-state index is 0.173. The molecule has 0 aliphatic carbocycles. The lowest BCUT2D eigenvalue weighted by Gasteiger charge is -2.46. The van der Waals surface area contributed by atoms with Gasteiger partial charge in [-0.05, 0) is 12.8 Å². The fourth-order valence-corrected chi connectivity index (χ4v) is 8.09. The van der Waals surface area contributed by atoms with Gasteiger partial charge in [-0.2, -0.15) is 0 Å². The van der Waals surface area contributed by atoms with E-state index in [9.17, 15) is 45.3 Å². The van der Waals surface area contributed by atoms with Crippen LogP contribution in [0.5, 0.6) is 0 Å². The molecule has 0 aromatic carbocycles. The second kappa shape index (κ2) is 35.7. The van der Waals surface area contributed by atoms with Gasteiger partial charge in [-0.3, -0.25) is 9.59 Å². The quantitative estimate of drug-likeness (QED) is 0.0277. The van der Waals surface area contributed by atoms with Crippen molar-refractivity contribution in [2.75, 3.05) is 26.4 Å². The molecule has 366 valence electrons. The Morgan fingerprint density at radius 3 is 1.32 bits per heavy atom. The van der Waals surface area contributed by atoms with Crippen LogP contribution >= 0.6 is 0 Å². The highest BCUT2D eigenvalue weighted by Gasteiger charge is 2.51. The first-order valence-corrected chi connectivity index (χ1v) is 24.6. The topological polar surface area (TPSA) is 231 Å². The predicted octanol–water partition coefficient (Wildman–Crippen LogP) is 6.04. The first kappa shape index (κ1) is 56.6. The fraction of sp³-hybridized carbons (Fsp3) is 0.957. The molecule has 0 radical (unpaired) electrons. The maximum absolute atomic E-state index is 13.0. The van der Waals surface area contributed by atoms with Crippen LogP contribution in [0.15, 0.2) is 0 Å². The normalized spacial score (nSPS) is 27.0. The Hall–Kier alpha value is -1.50. The van der Waals surface area contributed by atoms with Gasteiger partial charge in [0.25, 0.3) is 0 Å². The van der Waals surface area contributed by atoms with E-state index in [0.29, 0.717) is 12.8 Å². The Balaban J connectivity index is 1.83. The van der Waals surface area contributed by atoms with Crippen molar-refractivity contribution in [3.8, 4) is 0 Å². The third-order valence-electron chi connectivity index (χ3n) is 12.1. The standard InChI is InChI=1S/C47H88O15/c1-3-5-7-9-11-13-15-17-19-21-23-25-27-29-38(50)57-33-35(59-39(51)30-28-26-24-22-20-18-16-14-12-10-8-6-4-2)34-58-46-44(56)42(54)45(37(32-49)61-46)62-47-43(55)41(53)40(52)36(31-48)60-47/h35-37,40-49,52-56H,3-34H2,1-2H3/t35-,36+,37+,40+,41-,42+,43+,44+,45-,46+,47+/m0/s1. The van der Waals surface area contributed by atoms with Crippen LogP contribution in [0.4, 0.5) is 0 Å². The average Bonchev–Trinajstić information content (AvgIpc) is 3.27. The lowest BCUT2D eigenvalue weighted by atomic mass is 9.97. The molecule has 0 aromatic rings. The number of ether oxygens (including phenoxy) is 6. The minimum Gasteiger partial charge on any atom is -0.462 e. The van der Waals surface area contributed by atoms with Crippen LogP contribution in [0.2, 0.25) is 0 Å². The number of aliphatic hydroxyl groups excluding tert-OH is 7. The Kier molecular flexibility index (Phi) is 32.6. The van der Waals surface area contributed by atoms with Crippen LogP contribution in [0.3, 0.4) is 0 Å². The molecule has 0 spiro atoms. The summed E-state index contributed by atoms with van der Waals surface area (Å²) in [6.07, 6.45) is 13.9. The molecule has 11 atom stereocenters. The highest BCUT2D eigenvalue weighted by Crippen LogP contribution is 2.30. The van der Waals surface area contributed by atoms with E-state index in [4.69, 9.17) is 28.4 Å². The number of hydrogen-bond acceptors (Lipinski definition) is 15. The molecule has 62 heavy (non-hydrogen) atoms. The number of rotatable bonds is 38. The molecule has 0 aromatic heterocycles. The van der Waals surface area contributed by atoms with Crippen LogP contribution < -0.4 is 0 Å². The van der Waals surface area contributed by atoms with Crippen molar-refractivity contribution in [1.82, 2.24) is 0 Å². The summed E-state index contributed by atoms with van der Waals surface area (Å²) < 4.78 is 33.7. The molecule has 0 saturated carbocycles. The highest BCUT2D eigenvalue weighted by molar-refractivity contribution is 5.70. The van der Waals surface area contributed by atoms with Crippen LogP contribution in [0, 0.1) is 0 Å². The molecule has 0 amide bonds. The molecule has 0 bridgehead atoms. The number of esters is 2. The van der Waals surface area contributed by atoms with Crippen LogP contribution in [-0.2, 0) is 38.0 Å². The zero-order valence-corrected chi connectivity index (χ0v) is 38.4. The summed E-state index contributed by atoms with van der Waals surface area (Å²) in [6.45, 7) is 2.35. The second-order valence-corrected chi connectivity index (χ2v) is 17.6. The fourth-order valence-electron chi connectivity index (χ4n) is 8.09. The molecule has 2 heterocycles. The molecule has 2 aliphatic heterocycles. The highest BCUT2D eigenvalue weighted by atomic mass is 16.7. The minimum atomic E-state index is -1.80. The lowest BCUT2D eigenvalue weighted by molar-refractivity contribution is -0.360. The Morgan fingerprint density at radius 1 is 0.468 bits per heavy atom. The van der Waals surface area contributed by atoms with Gasteiger partial charge in [0.1, 0.15) is 55.4 Å². The molecule has 2 fully saturated rings. The molecular weight excluding hydrogens is 805 g/mol. The summed E-state index contributed by atoms with van der Waals surface area (Å²) in [5.41, 5.74) is 0. The number of carbonyl (C=O) groups is 2. The van der Waals surface area contributed by atoms with E-state index in [-0.39, 0.29) is 26.1 Å². The molecule has 2 saturated heterocycles. The molecular formula is C47H88O15. The zero-order chi connectivity index (χ0) is 45.4. The lowest BCUT2D eigenvalue weighted by Crippen LogP contribution is -2.64. The van der Waals surface area contributed by atoms with E-state index in [0.717, 1.165) is 38.5 Å². The first-order chi connectivity index (χ1) is 30.1. The molecule has 2 rings (SSSR count). The monoisotopic (exact) mass is 893 g/mol. The average molecular weight is 893 g/mol. The smallest absolute Gasteiger partial charge is 0.306 e. The van der Waals surface area contributed by atoms with Gasteiger partial charge in [-0.25, -0.2) is 0 Å². The van der Waals surface area contributed by atoms with Crippen molar-refractivity contribution in [3.05, 3.63) is 0 Å². The molecule has 2 aliphatic rings. The zero-order valence-electron chi connectivity index (χ0n) is 38.4. The van der Waals surface area contributed by atoms with Crippen LogP contribution in [-0.4, -0.2) is 142 Å². The summed E-state index contributed by atoms with van der Waals surface area (Å²) in [5, 5.41) is 72.3. The maximum atomic E-state index is 13.0. The van der Waals surface area contributed by atoms with Gasteiger partial charge >= 0.3 is 11.9 Å². The van der Waals surface area contributed by atoms with Crippen molar-refractivity contribution in [2.24, 2.45) is 0 Å². The van der Waals surface area contributed by atoms with E-state index in [1.165, 1.54) is 116 Å². The van der Waals surface area contributed by atoms with E-state index in [1.54, 1.807) is 0 Å². The number of aliphatic hydroxyl groups is 7. The summed E-state index contributed by atoms with van der Waals surface area (Å²) in [4.78, 5) is 25.7. The van der Waals surface area contributed by atoms with Gasteiger partial charge < -0.3 is 64.2 Å². The Bertz CT molecular complexity index is 1100. The van der Waals surface area contributed by atoms with Crippen LogP contribution in [0.1, 0.15) is 194 Å². The third kappa shape index (κ3) is 23.6. The number of carbonyl (C=O) groups excluding carboxylic acids is 2. The summed E-state index contributed by atoms with van der Waals surface area (Å²) in [6, 6.07) is 0. The van der Waals surface area contributed by atoms with E-state index in [1.807, 2.05) is 0 Å². The van der Waals surface area contributed by atoms with Crippen molar-refractivity contribution in [3.63, 3.8) is 0 Å². The van der Waals surface area contributed by atoms with Gasteiger partial charge in [-0.15, -0.1) is 0 Å². The predicted molar refractivity (Wildman–Crippen MR) is 234 cm³/mol. The largest absolute Gasteiger partial charge is 0.462 e. The maximum Gasteiger partial charge on any atom is 0.306 e. The van der Waals surface area contributed by atoms with Crippen molar-refractivity contribution >= 4 is 11.9 Å². The number of hydrogen-bond donors (Lipinski definition) is 7. The van der Waals surface area contributed by atoms with Crippen molar-refractivity contribution in [1.29, 1.82) is 0 Å². The van der Waals surface area contributed by atoms with E-state index in [2.05, 4.69) is 13.8 Å². The summed E-state index contributed by atoms with van der Waals surface area (Å²) >= 11 is 0. The van der Waals surface area contributed by atoms with Gasteiger partial charge in [-0.1, -0.05) is 168 Å². The van der Waals surface area contributed by atoms with Crippen molar-refractivity contribution < 1.29 is 73.8 Å². The second-order valence-electron chi connectivity index (χ2n) is 17.6. The van der Waals surface area contributed by atoms with Gasteiger partial charge in [0.2, 0.25) is 0 Å².